The first kappa shape index (κ1) is 7.00. The Kier molecular flexibility index (Phi) is 1.86. The molecular weight excluding hydrogens is 122 g/mol. The van der Waals surface area contributed by atoms with Crippen LogP contribution in [0.15, 0.2) is 12.4 Å². The number of nitrogens with zero attached hydrogens (tertiary/aromatic N) is 1. The number of aromatic nitrogens is 1. The van der Waals surface area contributed by atoms with Gasteiger partial charge in [0.25, 0.3) is 0 Å². The molecule has 10 heavy (non-hydrogen) atoms. The van der Waals surface area contributed by atoms with Crippen molar-refractivity contribution in [2.75, 3.05) is 0 Å². The Morgan fingerprint density at radius 3 is 2.60 bits per heavy atom. The molecule has 0 aromatic carbocycles. The second-order valence-electron chi connectivity index (χ2n) is 2.29. The summed E-state index contributed by atoms with van der Waals surface area (Å²) in [6.45, 7) is 9.78. The summed E-state index contributed by atoms with van der Waals surface area (Å²) in [5.41, 5.74) is 1.19. The van der Waals surface area contributed by atoms with Crippen molar-refractivity contribution in [3.63, 3.8) is 0 Å². The summed E-state index contributed by atoms with van der Waals surface area (Å²) in [4.78, 5) is 4.01. The Hall–Kier alpha value is -1.11. The zero-order valence-corrected chi connectivity index (χ0v) is 6.22. The summed E-state index contributed by atoms with van der Waals surface area (Å²) >= 11 is 0. The molecule has 1 aromatic heterocycles. The maximum absolute atomic E-state index is 4.01. The van der Waals surface area contributed by atoms with Gasteiger partial charge in [-0.2, -0.15) is 0 Å². The Bertz CT molecular complexity index is 314. The fourth-order valence-electron chi connectivity index (χ4n) is 0.884. The molecule has 0 saturated carbocycles. The maximum Gasteiger partial charge on any atom is 0.0340 e. The van der Waals surface area contributed by atoms with Gasteiger partial charge in [0.1, 0.15) is 0 Å². The zero-order chi connectivity index (χ0) is 7.56. The zero-order valence-electron chi connectivity index (χ0n) is 6.22. The van der Waals surface area contributed by atoms with E-state index in [0.717, 1.165) is 16.9 Å². The first-order chi connectivity index (χ1) is 4.75. The first-order valence-electron chi connectivity index (χ1n) is 3.36. The molecule has 0 aliphatic rings. The summed E-state index contributed by atoms with van der Waals surface area (Å²) < 4.78 is 0. The molecule has 0 aliphatic carbocycles. The molecule has 0 spiro atoms. The van der Waals surface area contributed by atoms with Gasteiger partial charge in [-0.3, -0.25) is 4.98 Å². The molecule has 0 N–H and O–H groups in total. The van der Waals surface area contributed by atoms with Crippen molar-refractivity contribution >= 4 is 13.2 Å². The van der Waals surface area contributed by atoms with Gasteiger partial charge >= 0.3 is 0 Å². The molecule has 0 saturated heterocycles. The standard InChI is InChI=1S/C9H11N/c1-4-9-6-10-5-7(2)8(9)3/h5-6H,2-4H2,1H3. The molecule has 0 aliphatic heterocycles. The molecule has 1 heteroatoms. The van der Waals surface area contributed by atoms with Crippen molar-refractivity contribution < 1.29 is 0 Å². The van der Waals surface area contributed by atoms with Crippen LogP contribution in [0, 0.1) is 0 Å². The van der Waals surface area contributed by atoms with Crippen LogP contribution >= 0.6 is 0 Å². The molecule has 0 fully saturated rings. The van der Waals surface area contributed by atoms with Crippen LogP contribution in [0.5, 0.6) is 0 Å². The quantitative estimate of drug-likeness (QED) is 0.542. The molecule has 1 heterocycles. The van der Waals surface area contributed by atoms with Crippen molar-refractivity contribution in [2.24, 2.45) is 0 Å². The van der Waals surface area contributed by atoms with Gasteiger partial charge in [0.05, 0.1) is 0 Å². The Labute approximate surface area is 60.7 Å². The smallest absolute Gasteiger partial charge is 0.0340 e. The SMILES string of the molecule is C=c1cncc(CC)c1=C. The summed E-state index contributed by atoms with van der Waals surface area (Å²) in [5, 5.41) is 1.96. The van der Waals surface area contributed by atoms with Gasteiger partial charge in [-0.15, -0.1) is 0 Å². The summed E-state index contributed by atoms with van der Waals surface area (Å²) in [5.74, 6) is 0. The van der Waals surface area contributed by atoms with E-state index in [1.165, 1.54) is 5.56 Å². The normalized spacial score (nSPS) is 9.70. The van der Waals surface area contributed by atoms with Crippen LogP contribution in [-0.4, -0.2) is 4.98 Å². The van der Waals surface area contributed by atoms with E-state index in [1.807, 2.05) is 6.20 Å². The molecular formula is C9H11N. The fraction of sp³-hybridized carbons (Fsp3) is 0.222. The lowest BCUT2D eigenvalue weighted by Crippen LogP contribution is -2.25. The van der Waals surface area contributed by atoms with E-state index >= 15 is 0 Å². The average molecular weight is 133 g/mol. The molecule has 0 radical (unpaired) electrons. The predicted octanol–water partition coefficient (Wildman–Crippen LogP) is 0.465. The molecule has 0 bridgehead atoms. The van der Waals surface area contributed by atoms with Crippen molar-refractivity contribution in [1.29, 1.82) is 0 Å². The lowest BCUT2D eigenvalue weighted by atomic mass is 10.2. The van der Waals surface area contributed by atoms with Gasteiger partial charge in [0, 0.05) is 12.4 Å². The topological polar surface area (TPSA) is 12.9 Å². The van der Waals surface area contributed by atoms with Crippen molar-refractivity contribution in [1.82, 2.24) is 4.98 Å². The highest BCUT2D eigenvalue weighted by Crippen LogP contribution is 1.83. The van der Waals surface area contributed by atoms with Crippen molar-refractivity contribution in [2.45, 2.75) is 13.3 Å². The third-order valence-corrected chi connectivity index (χ3v) is 1.62. The average Bonchev–Trinajstić information content (AvgIpc) is 1.95. The van der Waals surface area contributed by atoms with Gasteiger partial charge < -0.3 is 0 Å². The van der Waals surface area contributed by atoms with Crippen LogP contribution in [0.3, 0.4) is 0 Å². The van der Waals surface area contributed by atoms with E-state index in [9.17, 15) is 0 Å². The van der Waals surface area contributed by atoms with Crippen LogP contribution in [0.25, 0.3) is 13.2 Å². The molecule has 1 nitrogen and oxygen atoms in total. The van der Waals surface area contributed by atoms with Gasteiger partial charge in [0.2, 0.25) is 0 Å². The van der Waals surface area contributed by atoms with Gasteiger partial charge in [-0.05, 0) is 22.4 Å². The minimum Gasteiger partial charge on any atom is -0.264 e. The second-order valence-corrected chi connectivity index (χ2v) is 2.29. The molecule has 1 rings (SSSR count). The first-order valence-corrected chi connectivity index (χ1v) is 3.36. The molecule has 0 unspecified atom stereocenters. The Morgan fingerprint density at radius 2 is 2.10 bits per heavy atom. The van der Waals surface area contributed by atoms with E-state index in [-0.39, 0.29) is 0 Å². The maximum atomic E-state index is 4.01. The lowest BCUT2D eigenvalue weighted by molar-refractivity contribution is 1.08. The number of hydrogen-bond acceptors (Lipinski definition) is 1. The largest absolute Gasteiger partial charge is 0.264 e. The highest BCUT2D eigenvalue weighted by atomic mass is 14.6. The number of aryl methyl sites for hydroxylation is 1. The lowest BCUT2D eigenvalue weighted by Gasteiger charge is -1.94. The van der Waals surface area contributed by atoms with Crippen molar-refractivity contribution in [3.05, 3.63) is 28.4 Å². The van der Waals surface area contributed by atoms with Crippen LogP contribution in [0.2, 0.25) is 0 Å². The summed E-state index contributed by atoms with van der Waals surface area (Å²) in [6, 6.07) is 0. The minimum absolute atomic E-state index is 0.930. The summed E-state index contributed by atoms with van der Waals surface area (Å²) in [7, 11) is 0. The van der Waals surface area contributed by atoms with Crippen LogP contribution in [0.1, 0.15) is 12.5 Å². The summed E-state index contributed by atoms with van der Waals surface area (Å²) in [6.07, 6.45) is 4.56. The Balaban J connectivity index is 3.43. The molecule has 1 aromatic rings. The van der Waals surface area contributed by atoms with E-state index < -0.39 is 0 Å². The number of pyridine rings is 1. The Morgan fingerprint density at radius 1 is 1.40 bits per heavy atom. The van der Waals surface area contributed by atoms with Gasteiger partial charge in [-0.1, -0.05) is 20.1 Å². The molecule has 0 amide bonds. The molecule has 0 atom stereocenters. The molecule has 52 valence electrons. The highest BCUT2D eigenvalue weighted by Gasteiger charge is 1.88. The van der Waals surface area contributed by atoms with Gasteiger partial charge in [-0.25, -0.2) is 0 Å². The van der Waals surface area contributed by atoms with E-state index in [1.54, 1.807) is 6.20 Å². The van der Waals surface area contributed by atoms with Crippen LogP contribution in [0.4, 0.5) is 0 Å². The van der Waals surface area contributed by atoms with Gasteiger partial charge in [0.15, 0.2) is 0 Å². The van der Waals surface area contributed by atoms with E-state index in [4.69, 9.17) is 0 Å². The fourth-order valence-corrected chi connectivity index (χ4v) is 0.884. The monoisotopic (exact) mass is 133 g/mol. The van der Waals surface area contributed by atoms with Crippen LogP contribution in [-0.2, 0) is 6.42 Å². The van der Waals surface area contributed by atoms with E-state index in [2.05, 4.69) is 25.1 Å². The highest BCUT2D eigenvalue weighted by molar-refractivity contribution is 5.20. The van der Waals surface area contributed by atoms with Crippen molar-refractivity contribution in [3.8, 4) is 0 Å². The third-order valence-electron chi connectivity index (χ3n) is 1.62. The number of hydrogen-bond donors (Lipinski definition) is 0. The number of rotatable bonds is 1. The predicted molar refractivity (Wildman–Crippen MR) is 43.9 cm³/mol. The third kappa shape index (κ3) is 1.08. The van der Waals surface area contributed by atoms with Crippen LogP contribution < -0.4 is 10.4 Å². The second kappa shape index (κ2) is 2.65. The minimum atomic E-state index is 0.930. The van der Waals surface area contributed by atoms with E-state index in [0.29, 0.717) is 0 Å².